The lowest BCUT2D eigenvalue weighted by Crippen LogP contribution is -2.18. The molecule has 18 rings (SSSR count). The van der Waals surface area contributed by atoms with Crippen LogP contribution in [0.4, 0.5) is 29.2 Å². The molecule has 16 aromatic rings. The number of hydrogen-bond donors (Lipinski definition) is 1. The smallest absolute Gasteiger partial charge is 0.241 e. The van der Waals surface area contributed by atoms with Crippen molar-refractivity contribution in [3.63, 3.8) is 0 Å². The van der Waals surface area contributed by atoms with E-state index in [4.69, 9.17) is 36.5 Å². The normalized spacial score (nSPS) is 11.6. The fourth-order valence-electron chi connectivity index (χ4n) is 12.3. The van der Waals surface area contributed by atoms with Gasteiger partial charge >= 0.3 is 0 Å². The lowest BCUT2D eigenvalue weighted by molar-refractivity contribution is 0.974. The van der Waals surface area contributed by atoms with Crippen LogP contribution in [0.3, 0.4) is 0 Å². The molecule has 0 spiro atoms. The highest BCUT2D eigenvalue weighted by Gasteiger charge is 2.32. The SMILES string of the molecule is Clc1nc(-c2ccccc2)nc(-c2ccccc2-c2ccccc2)n1.c1ccc(-c2nc(-c3ccccc3-c3ccccc3)nc(N3c4ccccc4-c4ccccc4-n4c3nc3ccccc34)n2)cc1.c1ccc2c(c1)Nc1nc3ccccc3n1-c1ccccc1-2. The molecule has 0 aliphatic carbocycles. The fourth-order valence-corrected chi connectivity index (χ4v) is 12.4. The molecule has 0 saturated heterocycles. The number of anilines is 5. The maximum atomic E-state index is 6.19. The van der Waals surface area contributed by atoms with Crippen LogP contribution in [0.15, 0.2) is 315 Å². The molecular formula is C80H53ClN12. The number of para-hydroxylation sites is 8. The van der Waals surface area contributed by atoms with E-state index in [-0.39, 0.29) is 5.28 Å². The van der Waals surface area contributed by atoms with Crippen molar-refractivity contribution in [1.29, 1.82) is 0 Å². The van der Waals surface area contributed by atoms with Crippen LogP contribution in [0.25, 0.3) is 124 Å². The molecule has 0 amide bonds. The third-order valence-corrected chi connectivity index (χ3v) is 16.7. The predicted octanol–water partition coefficient (Wildman–Crippen LogP) is 19.9. The van der Waals surface area contributed by atoms with Crippen molar-refractivity contribution in [3.8, 4) is 101 Å². The summed E-state index contributed by atoms with van der Waals surface area (Å²) in [5, 5.41) is 3.68. The summed E-state index contributed by atoms with van der Waals surface area (Å²) in [5.41, 5.74) is 20.8. The number of imidazole rings is 2. The van der Waals surface area contributed by atoms with Crippen molar-refractivity contribution >= 4 is 62.9 Å². The Morgan fingerprint density at radius 3 is 1.19 bits per heavy atom. The molecule has 440 valence electrons. The van der Waals surface area contributed by atoms with Crippen molar-refractivity contribution in [2.45, 2.75) is 0 Å². The van der Waals surface area contributed by atoms with Gasteiger partial charge in [-0.15, -0.1) is 0 Å². The zero-order chi connectivity index (χ0) is 62.0. The predicted molar refractivity (Wildman–Crippen MR) is 375 cm³/mol. The molecule has 0 unspecified atom stereocenters. The molecule has 4 aromatic heterocycles. The maximum Gasteiger partial charge on any atom is 0.241 e. The molecular weight excluding hydrogens is 1160 g/mol. The number of halogens is 1. The summed E-state index contributed by atoms with van der Waals surface area (Å²) in [6.45, 7) is 0. The maximum absolute atomic E-state index is 6.19. The standard InChI is InChI=1S/C40H26N6.C21H14ClN3.C19H13N3/c1-3-15-27(16-4-1)29-19-7-8-22-32(29)38-42-37(28-17-5-2-6-18-28)43-39(44-38)46-35-25-13-10-21-31(35)30-20-9-12-24-34(30)45-36-26-14-11-23-33(36)41-40(45)46;22-21-24-19(16-11-5-2-6-12-16)23-20(25-21)18-14-8-7-13-17(18)15-9-3-1-4-10-15;1-3-9-15-13(7-1)14-8-2-5-11-17(14)22-18-12-6-4-10-16(18)21-19(22)20-15/h1-26H;1-14H;1-12H,(H,20,21). The molecule has 1 N–H and O–H groups in total. The van der Waals surface area contributed by atoms with Crippen LogP contribution in [0.1, 0.15) is 0 Å². The van der Waals surface area contributed by atoms with Crippen LogP contribution >= 0.6 is 11.6 Å². The van der Waals surface area contributed by atoms with E-state index < -0.39 is 0 Å². The van der Waals surface area contributed by atoms with Crippen molar-refractivity contribution in [2.75, 3.05) is 10.2 Å². The first kappa shape index (κ1) is 55.8. The van der Waals surface area contributed by atoms with E-state index in [0.29, 0.717) is 35.2 Å². The lowest BCUT2D eigenvalue weighted by Gasteiger charge is -2.23. The summed E-state index contributed by atoms with van der Waals surface area (Å²) in [4.78, 5) is 40.9. The van der Waals surface area contributed by atoms with E-state index in [2.05, 4.69) is 210 Å². The van der Waals surface area contributed by atoms with Gasteiger partial charge in [-0.25, -0.2) is 24.8 Å². The third kappa shape index (κ3) is 10.7. The summed E-state index contributed by atoms with van der Waals surface area (Å²) in [5.74, 6) is 4.38. The zero-order valence-electron chi connectivity index (χ0n) is 49.8. The number of benzene rings is 12. The van der Waals surface area contributed by atoms with Crippen LogP contribution in [-0.4, -0.2) is 49.0 Å². The van der Waals surface area contributed by atoms with E-state index in [0.717, 1.165) is 106 Å². The Morgan fingerprint density at radius 2 is 0.624 bits per heavy atom. The minimum absolute atomic E-state index is 0.187. The van der Waals surface area contributed by atoms with Crippen molar-refractivity contribution in [3.05, 3.63) is 321 Å². The zero-order valence-corrected chi connectivity index (χ0v) is 50.6. The Bertz CT molecular complexity index is 5410. The second-order valence-corrected chi connectivity index (χ2v) is 22.5. The summed E-state index contributed by atoms with van der Waals surface area (Å²) in [6, 6.07) is 107. The monoisotopic (exact) mass is 1220 g/mol. The summed E-state index contributed by atoms with van der Waals surface area (Å²) >= 11 is 6.19. The molecule has 0 atom stereocenters. The van der Waals surface area contributed by atoms with Gasteiger partial charge in [-0.05, 0) is 82.4 Å². The van der Waals surface area contributed by atoms with Gasteiger partial charge in [-0.3, -0.25) is 9.13 Å². The van der Waals surface area contributed by atoms with Crippen LogP contribution in [0, 0.1) is 0 Å². The highest BCUT2D eigenvalue weighted by molar-refractivity contribution is 6.28. The second-order valence-electron chi connectivity index (χ2n) is 22.1. The Morgan fingerprint density at radius 1 is 0.258 bits per heavy atom. The number of nitrogens with zero attached hydrogens (tertiary/aromatic N) is 11. The molecule has 0 bridgehead atoms. The number of aromatic nitrogens is 10. The number of hydrogen-bond acceptors (Lipinski definition) is 10. The summed E-state index contributed by atoms with van der Waals surface area (Å²) < 4.78 is 4.42. The molecule has 2 aliphatic rings. The van der Waals surface area contributed by atoms with Crippen LogP contribution in [-0.2, 0) is 0 Å². The lowest BCUT2D eigenvalue weighted by atomic mass is 9.99. The topological polar surface area (TPSA) is 128 Å². The molecule has 2 aliphatic heterocycles. The van der Waals surface area contributed by atoms with Crippen molar-refractivity contribution in [2.24, 2.45) is 0 Å². The molecule has 0 radical (unpaired) electrons. The molecule has 12 nitrogen and oxygen atoms in total. The average Bonchev–Trinajstić information content (AvgIpc) is 1.64. The van der Waals surface area contributed by atoms with Crippen LogP contribution < -0.4 is 10.2 Å². The van der Waals surface area contributed by atoms with Crippen molar-refractivity contribution in [1.82, 2.24) is 49.0 Å². The van der Waals surface area contributed by atoms with Crippen molar-refractivity contribution < 1.29 is 0 Å². The van der Waals surface area contributed by atoms with Gasteiger partial charge in [0.1, 0.15) is 0 Å². The van der Waals surface area contributed by atoms with E-state index in [1.165, 1.54) is 11.1 Å². The van der Waals surface area contributed by atoms with Gasteiger partial charge in [0.15, 0.2) is 23.3 Å². The Labute approximate surface area is 541 Å². The second kappa shape index (κ2) is 24.5. The first-order valence-electron chi connectivity index (χ1n) is 30.5. The Hall–Kier alpha value is -12.5. The van der Waals surface area contributed by atoms with E-state index in [1.54, 1.807) is 0 Å². The first-order valence-corrected chi connectivity index (χ1v) is 30.9. The van der Waals surface area contributed by atoms with Gasteiger partial charge in [0.05, 0.1) is 39.1 Å². The van der Waals surface area contributed by atoms with Gasteiger partial charge in [-0.2, -0.15) is 19.9 Å². The van der Waals surface area contributed by atoms with E-state index in [9.17, 15) is 0 Å². The highest BCUT2D eigenvalue weighted by Crippen LogP contribution is 2.48. The van der Waals surface area contributed by atoms with Gasteiger partial charge in [0.2, 0.25) is 23.1 Å². The first-order chi connectivity index (χ1) is 46.1. The number of fused-ring (bicyclic) bond motifs is 14. The summed E-state index contributed by atoms with van der Waals surface area (Å²) in [7, 11) is 0. The average molecular weight is 1220 g/mol. The largest absolute Gasteiger partial charge is 0.325 e. The van der Waals surface area contributed by atoms with E-state index >= 15 is 0 Å². The van der Waals surface area contributed by atoms with E-state index in [1.807, 2.05) is 140 Å². The molecule has 6 heterocycles. The minimum Gasteiger partial charge on any atom is -0.325 e. The quantitative estimate of drug-likeness (QED) is 0.165. The Kier molecular flexibility index (Phi) is 14.7. The molecule has 0 fully saturated rings. The Balaban J connectivity index is 0.000000122. The minimum atomic E-state index is 0.187. The summed E-state index contributed by atoms with van der Waals surface area (Å²) in [6.07, 6.45) is 0. The van der Waals surface area contributed by atoms with Gasteiger partial charge in [-0.1, -0.05) is 267 Å². The fraction of sp³-hybridized carbons (Fsp3) is 0. The third-order valence-electron chi connectivity index (χ3n) is 16.5. The van der Waals surface area contributed by atoms with Crippen LogP contribution in [0.2, 0.25) is 5.28 Å². The highest BCUT2D eigenvalue weighted by atomic mass is 35.5. The van der Waals surface area contributed by atoms with Gasteiger partial charge in [0.25, 0.3) is 0 Å². The molecule has 93 heavy (non-hydrogen) atoms. The number of rotatable bonds is 7. The van der Waals surface area contributed by atoms with Gasteiger partial charge in [0, 0.05) is 50.2 Å². The van der Waals surface area contributed by atoms with Gasteiger partial charge < -0.3 is 5.32 Å². The molecule has 0 saturated carbocycles. The molecule has 12 aromatic carbocycles. The van der Waals surface area contributed by atoms with Crippen LogP contribution in [0.5, 0.6) is 0 Å². The molecule has 13 heteroatoms. The number of nitrogens with one attached hydrogen (secondary N) is 1.